The SMILES string of the molecule is CN1CCOC(CNc2ccc3sccc3c2)C1. The van der Waals surface area contributed by atoms with Crippen molar-refractivity contribution in [2.24, 2.45) is 0 Å². The van der Waals surface area contributed by atoms with Gasteiger partial charge in [-0.15, -0.1) is 11.3 Å². The van der Waals surface area contributed by atoms with Crippen LogP contribution in [-0.4, -0.2) is 44.3 Å². The zero-order chi connectivity index (χ0) is 12.4. The van der Waals surface area contributed by atoms with Crippen molar-refractivity contribution in [1.29, 1.82) is 0 Å². The molecule has 3 nitrogen and oxygen atoms in total. The lowest BCUT2D eigenvalue weighted by Crippen LogP contribution is -2.43. The highest BCUT2D eigenvalue weighted by molar-refractivity contribution is 7.17. The maximum Gasteiger partial charge on any atom is 0.0874 e. The van der Waals surface area contributed by atoms with Gasteiger partial charge in [0.25, 0.3) is 0 Å². The second kappa shape index (κ2) is 5.26. The molecular formula is C14H18N2OS. The first kappa shape index (κ1) is 12.0. The fourth-order valence-corrected chi connectivity index (χ4v) is 3.07. The van der Waals surface area contributed by atoms with Crippen molar-refractivity contribution in [2.75, 3.05) is 38.6 Å². The van der Waals surface area contributed by atoms with Crippen LogP contribution in [0.15, 0.2) is 29.6 Å². The summed E-state index contributed by atoms with van der Waals surface area (Å²) in [4.78, 5) is 2.32. The average molecular weight is 262 g/mol. The molecule has 3 rings (SSSR count). The average Bonchev–Trinajstić information content (AvgIpc) is 2.84. The number of anilines is 1. The number of morpholine rings is 1. The molecule has 0 radical (unpaired) electrons. The zero-order valence-electron chi connectivity index (χ0n) is 10.6. The van der Waals surface area contributed by atoms with Gasteiger partial charge in [0, 0.05) is 30.0 Å². The molecular weight excluding hydrogens is 244 g/mol. The predicted octanol–water partition coefficient (Wildman–Crippen LogP) is 2.64. The topological polar surface area (TPSA) is 24.5 Å². The number of nitrogens with zero attached hydrogens (tertiary/aromatic N) is 1. The van der Waals surface area contributed by atoms with E-state index in [1.54, 1.807) is 11.3 Å². The molecule has 1 saturated heterocycles. The Morgan fingerprint density at radius 1 is 1.44 bits per heavy atom. The molecule has 1 aliphatic rings. The summed E-state index contributed by atoms with van der Waals surface area (Å²) in [7, 11) is 2.15. The Kier molecular flexibility index (Phi) is 3.50. The van der Waals surface area contributed by atoms with Crippen LogP contribution in [0.25, 0.3) is 10.1 Å². The minimum absolute atomic E-state index is 0.293. The van der Waals surface area contributed by atoms with Gasteiger partial charge in [-0.1, -0.05) is 0 Å². The van der Waals surface area contributed by atoms with E-state index in [0.29, 0.717) is 6.10 Å². The molecule has 0 aliphatic carbocycles. The van der Waals surface area contributed by atoms with Crippen LogP contribution in [0.3, 0.4) is 0 Å². The molecule has 1 aromatic carbocycles. The standard InChI is InChI=1S/C14H18N2OS/c1-16-5-6-17-13(10-16)9-15-12-2-3-14-11(8-12)4-7-18-14/h2-4,7-8,13,15H,5-6,9-10H2,1H3. The molecule has 18 heavy (non-hydrogen) atoms. The van der Waals surface area contributed by atoms with Crippen LogP contribution in [0.2, 0.25) is 0 Å². The first-order valence-electron chi connectivity index (χ1n) is 6.32. The lowest BCUT2D eigenvalue weighted by molar-refractivity contribution is -0.0117. The van der Waals surface area contributed by atoms with E-state index in [-0.39, 0.29) is 0 Å². The van der Waals surface area contributed by atoms with E-state index >= 15 is 0 Å². The summed E-state index contributed by atoms with van der Waals surface area (Å²) in [6.07, 6.45) is 0.293. The Labute approximate surface area is 111 Å². The van der Waals surface area contributed by atoms with Gasteiger partial charge in [0.15, 0.2) is 0 Å². The first-order valence-corrected chi connectivity index (χ1v) is 7.20. The summed E-state index contributed by atoms with van der Waals surface area (Å²) in [6, 6.07) is 8.69. The van der Waals surface area contributed by atoms with Crippen molar-refractivity contribution in [3.05, 3.63) is 29.6 Å². The number of fused-ring (bicyclic) bond motifs is 1. The molecule has 1 atom stereocenters. The van der Waals surface area contributed by atoms with Gasteiger partial charge in [-0.05, 0) is 42.1 Å². The molecule has 4 heteroatoms. The van der Waals surface area contributed by atoms with Gasteiger partial charge >= 0.3 is 0 Å². The van der Waals surface area contributed by atoms with Gasteiger partial charge in [0.1, 0.15) is 0 Å². The van der Waals surface area contributed by atoms with Crippen LogP contribution in [0, 0.1) is 0 Å². The van der Waals surface area contributed by atoms with Crippen LogP contribution in [0.4, 0.5) is 5.69 Å². The number of rotatable bonds is 3. The fraction of sp³-hybridized carbons (Fsp3) is 0.429. The van der Waals surface area contributed by atoms with Crippen LogP contribution in [-0.2, 0) is 4.74 Å². The van der Waals surface area contributed by atoms with Crippen molar-refractivity contribution >= 4 is 27.1 Å². The van der Waals surface area contributed by atoms with Gasteiger partial charge in [-0.2, -0.15) is 0 Å². The molecule has 0 bridgehead atoms. The Morgan fingerprint density at radius 3 is 3.28 bits per heavy atom. The highest BCUT2D eigenvalue weighted by atomic mass is 32.1. The number of hydrogen-bond donors (Lipinski definition) is 1. The molecule has 1 fully saturated rings. The molecule has 1 aliphatic heterocycles. The Hall–Kier alpha value is -1.10. The number of likely N-dealkylation sites (N-methyl/N-ethyl adjacent to an activating group) is 1. The normalized spacial score (nSPS) is 21.3. The van der Waals surface area contributed by atoms with E-state index in [0.717, 1.165) is 26.2 Å². The highest BCUT2D eigenvalue weighted by Gasteiger charge is 2.17. The van der Waals surface area contributed by atoms with Crippen LogP contribution in [0.1, 0.15) is 0 Å². The second-order valence-electron chi connectivity index (χ2n) is 4.81. The summed E-state index contributed by atoms with van der Waals surface area (Å²) in [6.45, 7) is 3.76. The quantitative estimate of drug-likeness (QED) is 0.920. The minimum atomic E-state index is 0.293. The van der Waals surface area contributed by atoms with E-state index in [4.69, 9.17) is 4.74 Å². The Morgan fingerprint density at radius 2 is 2.39 bits per heavy atom. The van der Waals surface area contributed by atoms with Gasteiger partial charge in [0.05, 0.1) is 12.7 Å². The third-order valence-corrected chi connectivity index (χ3v) is 4.23. The van der Waals surface area contributed by atoms with E-state index in [1.807, 2.05) is 0 Å². The summed E-state index contributed by atoms with van der Waals surface area (Å²) in [5, 5.41) is 6.91. The highest BCUT2D eigenvalue weighted by Crippen LogP contribution is 2.24. The minimum Gasteiger partial charge on any atom is -0.382 e. The molecule has 0 amide bonds. The van der Waals surface area contributed by atoms with Crippen molar-refractivity contribution in [2.45, 2.75) is 6.10 Å². The van der Waals surface area contributed by atoms with Gasteiger partial charge < -0.3 is 15.0 Å². The number of thiophene rings is 1. The van der Waals surface area contributed by atoms with Gasteiger partial charge in [-0.3, -0.25) is 0 Å². The summed E-state index contributed by atoms with van der Waals surface area (Å²) < 4.78 is 7.08. The summed E-state index contributed by atoms with van der Waals surface area (Å²) >= 11 is 1.78. The summed E-state index contributed by atoms with van der Waals surface area (Å²) in [5.74, 6) is 0. The van der Waals surface area contributed by atoms with Crippen LogP contribution >= 0.6 is 11.3 Å². The number of nitrogens with one attached hydrogen (secondary N) is 1. The maximum atomic E-state index is 5.74. The largest absolute Gasteiger partial charge is 0.382 e. The molecule has 1 unspecified atom stereocenters. The molecule has 2 aromatic rings. The predicted molar refractivity (Wildman–Crippen MR) is 77.6 cm³/mol. The monoisotopic (exact) mass is 262 g/mol. The number of benzene rings is 1. The summed E-state index contributed by atoms with van der Waals surface area (Å²) in [5.41, 5.74) is 1.18. The third kappa shape index (κ3) is 2.66. The molecule has 0 saturated carbocycles. The molecule has 96 valence electrons. The van der Waals surface area contributed by atoms with Crippen LogP contribution in [0.5, 0.6) is 0 Å². The van der Waals surface area contributed by atoms with E-state index in [2.05, 4.69) is 46.9 Å². The first-order chi connectivity index (χ1) is 8.81. The third-order valence-electron chi connectivity index (χ3n) is 3.33. The maximum absolute atomic E-state index is 5.74. The lowest BCUT2D eigenvalue weighted by atomic mass is 10.2. The van der Waals surface area contributed by atoms with Crippen molar-refractivity contribution < 1.29 is 4.74 Å². The van der Waals surface area contributed by atoms with Crippen molar-refractivity contribution in [3.8, 4) is 0 Å². The van der Waals surface area contributed by atoms with E-state index in [9.17, 15) is 0 Å². The molecule has 0 spiro atoms. The second-order valence-corrected chi connectivity index (χ2v) is 5.76. The molecule has 1 N–H and O–H groups in total. The Bertz CT molecular complexity index is 525. The van der Waals surface area contributed by atoms with E-state index < -0.39 is 0 Å². The molecule has 2 heterocycles. The smallest absolute Gasteiger partial charge is 0.0874 e. The van der Waals surface area contributed by atoms with E-state index in [1.165, 1.54) is 15.8 Å². The fourth-order valence-electron chi connectivity index (χ4n) is 2.30. The van der Waals surface area contributed by atoms with Gasteiger partial charge in [-0.25, -0.2) is 0 Å². The molecule has 1 aromatic heterocycles. The van der Waals surface area contributed by atoms with Crippen LogP contribution < -0.4 is 5.32 Å². The van der Waals surface area contributed by atoms with Gasteiger partial charge in [0.2, 0.25) is 0 Å². The number of hydrogen-bond acceptors (Lipinski definition) is 4. The zero-order valence-corrected chi connectivity index (χ0v) is 11.4. The van der Waals surface area contributed by atoms with Crippen molar-refractivity contribution in [1.82, 2.24) is 4.90 Å². The van der Waals surface area contributed by atoms with Crippen molar-refractivity contribution in [3.63, 3.8) is 0 Å². The Balaban J connectivity index is 1.61. The number of ether oxygens (including phenoxy) is 1. The lowest BCUT2D eigenvalue weighted by Gasteiger charge is -2.30.